The molecule has 1 aliphatic carbocycles. The van der Waals surface area contributed by atoms with Gasteiger partial charge in [-0.25, -0.2) is 15.0 Å². The average Bonchev–Trinajstić information content (AvgIpc) is 3.14. The van der Waals surface area contributed by atoms with Crippen LogP contribution in [0.2, 0.25) is 0 Å². The minimum Gasteiger partial charge on any atom is -0.393 e. The van der Waals surface area contributed by atoms with E-state index in [1.54, 1.807) is 11.3 Å². The predicted molar refractivity (Wildman–Crippen MR) is 131 cm³/mol. The summed E-state index contributed by atoms with van der Waals surface area (Å²) in [5.41, 5.74) is 3.06. The quantitative estimate of drug-likeness (QED) is 0.450. The second kappa shape index (κ2) is 10.3. The first-order valence-electron chi connectivity index (χ1n) is 11.1. The Kier molecular flexibility index (Phi) is 7.53. The topological polar surface area (TPSA) is 74.2 Å². The Morgan fingerprint density at radius 3 is 2.55 bits per heavy atom. The molecule has 0 unspecified atom stereocenters. The van der Waals surface area contributed by atoms with Gasteiger partial charge in [0, 0.05) is 23.5 Å². The Labute approximate surface area is 196 Å². The van der Waals surface area contributed by atoms with Crippen molar-refractivity contribution in [2.75, 3.05) is 18.4 Å². The first kappa shape index (κ1) is 22.6. The molecular formula is C23H30BrN5OS. The Morgan fingerprint density at radius 1 is 1.06 bits per heavy atom. The molecule has 0 amide bonds. The summed E-state index contributed by atoms with van der Waals surface area (Å²) >= 11 is 5.26. The molecule has 6 nitrogen and oxygen atoms in total. The maximum Gasteiger partial charge on any atom is 0.223 e. The molecule has 0 atom stereocenters. The zero-order valence-corrected chi connectivity index (χ0v) is 20.5. The van der Waals surface area contributed by atoms with Gasteiger partial charge in [0.25, 0.3) is 0 Å². The van der Waals surface area contributed by atoms with Crippen LogP contribution >= 0.6 is 27.3 Å². The molecule has 8 heteroatoms. The van der Waals surface area contributed by atoms with Crippen molar-refractivity contribution in [2.45, 2.75) is 64.6 Å². The molecule has 166 valence electrons. The molecule has 2 aromatic heterocycles. The van der Waals surface area contributed by atoms with E-state index in [2.05, 4.69) is 58.2 Å². The number of nitrogens with zero attached hydrogens (tertiary/aromatic N) is 4. The molecule has 1 aliphatic rings. The van der Waals surface area contributed by atoms with E-state index < -0.39 is 0 Å². The largest absolute Gasteiger partial charge is 0.393 e. The van der Waals surface area contributed by atoms with Crippen molar-refractivity contribution in [1.29, 1.82) is 0 Å². The zero-order valence-electron chi connectivity index (χ0n) is 18.1. The Hall–Kier alpha value is -1.61. The molecule has 4 rings (SSSR count). The third-order valence-electron chi connectivity index (χ3n) is 5.87. The molecule has 0 radical (unpaired) electrons. The lowest BCUT2D eigenvalue weighted by molar-refractivity contribution is 0.126. The number of hydrogen-bond acceptors (Lipinski definition) is 7. The van der Waals surface area contributed by atoms with E-state index in [9.17, 15) is 5.11 Å². The molecule has 0 spiro atoms. The lowest BCUT2D eigenvalue weighted by Gasteiger charge is -2.26. The summed E-state index contributed by atoms with van der Waals surface area (Å²) in [5.74, 6) is 0.699. The Bertz CT molecular complexity index is 1010. The highest BCUT2D eigenvalue weighted by atomic mass is 79.9. The van der Waals surface area contributed by atoms with Crippen LogP contribution in [0.15, 0.2) is 28.7 Å². The average molecular weight is 504 g/mol. The van der Waals surface area contributed by atoms with Gasteiger partial charge in [0.1, 0.15) is 0 Å². The minimum atomic E-state index is -0.164. The van der Waals surface area contributed by atoms with Gasteiger partial charge in [-0.2, -0.15) is 0 Å². The van der Waals surface area contributed by atoms with E-state index in [0.29, 0.717) is 18.4 Å². The lowest BCUT2D eigenvalue weighted by atomic mass is 9.93. The maximum atomic E-state index is 9.80. The molecule has 2 heterocycles. The number of anilines is 1. The summed E-state index contributed by atoms with van der Waals surface area (Å²) in [6, 6.07) is 8.64. The van der Waals surface area contributed by atoms with Crippen LogP contribution in [-0.4, -0.2) is 50.2 Å². The molecule has 1 fully saturated rings. The molecule has 31 heavy (non-hydrogen) atoms. The van der Waals surface area contributed by atoms with Crippen molar-refractivity contribution in [3.63, 3.8) is 0 Å². The normalized spacial score (nSPS) is 19.3. The van der Waals surface area contributed by atoms with Gasteiger partial charge in [-0.1, -0.05) is 29.8 Å². The van der Waals surface area contributed by atoms with Crippen LogP contribution in [0.25, 0.3) is 10.2 Å². The van der Waals surface area contributed by atoms with Crippen LogP contribution < -0.4 is 5.32 Å². The zero-order chi connectivity index (χ0) is 21.8. The van der Waals surface area contributed by atoms with E-state index >= 15 is 0 Å². The molecule has 2 N–H and O–H groups in total. The monoisotopic (exact) mass is 503 g/mol. The van der Waals surface area contributed by atoms with Crippen molar-refractivity contribution < 1.29 is 5.11 Å². The van der Waals surface area contributed by atoms with E-state index in [1.165, 1.54) is 4.70 Å². The summed E-state index contributed by atoms with van der Waals surface area (Å²) in [6.07, 6.45) is 4.11. The number of aliphatic hydroxyl groups is 1. The van der Waals surface area contributed by atoms with Crippen molar-refractivity contribution in [3.05, 3.63) is 45.1 Å². The van der Waals surface area contributed by atoms with Crippen LogP contribution in [0.4, 0.5) is 5.95 Å². The standard InChI is InChI=1S/C23H30BrN5OS/c1-3-29(4-2)14-18-12-17(13-22-28-20-10-5-15(24)11-21(20)31-22)26-23(27-18)25-16-6-8-19(30)9-7-16/h5,10-12,16,19,30H,3-4,6-9,13-14H2,1-2H3,(H,25,26,27). The molecule has 3 aromatic rings. The second-order valence-electron chi connectivity index (χ2n) is 8.18. The number of rotatable bonds is 8. The second-order valence-corrected chi connectivity index (χ2v) is 10.2. The Morgan fingerprint density at radius 2 is 1.81 bits per heavy atom. The third-order valence-corrected chi connectivity index (χ3v) is 7.38. The van der Waals surface area contributed by atoms with Gasteiger partial charge in [0.2, 0.25) is 5.95 Å². The van der Waals surface area contributed by atoms with Gasteiger partial charge < -0.3 is 10.4 Å². The van der Waals surface area contributed by atoms with E-state index in [-0.39, 0.29) is 6.10 Å². The fraction of sp³-hybridized carbons (Fsp3) is 0.522. The van der Waals surface area contributed by atoms with Crippen LogP contribution in [0.5, 0.6) is 0 Å². The van der Waals surface area contributed by atoms with Gasteiger partial charge in [-0.3, -0.25) is 4.90 Å². The van der Waals surface area contributed by atoms with E-state index in [1.807, 2.05) is 6.07 Å². The fourth-order valence-corrected chi connectivity index (χ4v) is 5.58. The summed E-state index contributed by atoms with van der Waals surface area (Å²) in [5, 5.41) is 14.4. The summed E-state index contributed by atoms with van der Waals surface area (Å²) in [4.78, 5) is 16.8. The van der Waals surface area contributed by atoms with E-state index in [0.717, 1.165) is 71.7 Å². The number of aromatic nitrogens is 3. The van der Waals surface area contributed by atoms with Gasteiger partial charge in [-0.15, -0.1) is 11.3 Å². The molecule has 0 saturated heterocycles. The number of thiazole rings is 1. The number of nitrogens with one attached hydrogen (secondary N) is 1. The van der Waals surface area contributed by atoms with Crippen LogP contribution in [0.3, 0.4) is 0 Å². The van der Waals surface area contributed by atoms with Crippen LogP contribution in [0, 0.1) is 0 Å². The fourth-order valence-electron chi connectivity index (χ4n) is 4.05. The van der Waals surface area contributed by atoms with Gasteiger partial charge in [0.15, 0.2) is 0 Å². The number of aliphatic hydroxyl groups excluding tert-OH is 1. The third kappa shape index (κ3) is 6.00. The van der Waals surface area contributed by atoms with Crippen LogP contribution in [-0.2, 0) is 13.0 Å². The maximum absolute atomic E-state index is 9.80. The first-order chi connectivity index (χ1) is 15.0. The summed E-state index contributed by atoms with van der Waals surface area (Å²) in [7, 11) is 0. The van der Waals surface area contributed by atoms with Gasteiger partial charge in [0.05, 0.1) is 32.7 Å². The highest BCUT2D eigenvalue weighted by molar-refractivity contribution is 9.10. The van der Waals surface area contributed by atoms with Crippen LogP contribution in [0.1, 0.15) is 55.9 Å². The molecule has 0 aliphatic heterocycles. The SMILES string of the molecule is CCN(CC)Cc1cc(Cc2nc3ccc(Br)cc3s2)nc(NC2CCC(O)CC2)n1. The molecule has 1 saturated carbocycles. The van der Waals surface area contributed by atoms with Crippen molar-refractivity contribution >= 4 is 43.4 Å². The lowest BCUT2D eigenvalue weighted by Crippen LogP contribution is -2.29. The van der Waals surface area contributed by atoms with Gasteiger partial charge in [-0.05, 0) is 63.0 Å². The highest BCUT2D eigenvalue weighted by Crippen LogP contribution is 2.27. The van der Waals surface area contributed by atoms with Crippen molar-refractivity contribution in [1.82, 2.24) is 19.9 Å². The summed E-state index contributed by atoms with van der Waals surface area (Å²) in [6.45, 7) is 7.15. The molecular weight excluding hydrogens is 474 g/mol. The Balaban J connectivity index is 1.57. The smallest absolute Gasteiger partial charge is 0.223 e. The first-order valence-corrected chi connectivity index (χ1v) is 12.7. The molecule has 0 bridgehead atoms. The van der Waals surface area contributed by atoms with Crippen molar-refractivity contribution in [2.24, 2.45) is 0 Å². The van der Waals surface area contributed by atoms with Crippen molar-refractivity contribution in [3.8, 4) is 0 Å². The number of fused-ring (bicyclic) bond motifs is 1. The number of benzene rings is 1. The highest BCUT2D eigenvalue weighted by Gasteiger charge is 2.20. The summed E-state index contributed by atoms with van der Waals surface area (Å²) < 4.78 is 2.25. The number of halogens is 1. The minimum absolute atomic E-state index is 0.164. The number of hydrogen-bond donors (Lipinski definition) is 2. The van der Waals surface area contributed by atoms with Gasteiger partial charge >= 0.3 is 0 Å². The molecule has 1 aromatic carbocycles. The predicted octanol–water partition coefficient (Wildman–Crippen LogP) is 5.00. The van der Waals surface area contributed by atoms with E-state index in [4.69, 9.17) is 15.0 Å².